The third kappa shape index (κ3) is 2.94. The second-order valence-corrected chi connectivity index (χ2v) is 6.68. The quantitative estimate of drug-likeness (QED) is 0.796. The number of aromatic nitrogens is 2. The van der Waals surface area contributed by atoms with Gasteiger partial charge < -0.3 is 10.2 Å². The average Bonchev–Trinajstić information content (AvgIpc) is 3.24. The maximum absolute atomic E-state index is 12.7. The molecule has 2 aliphatic heterocycles. The summed E-state index contributed by atoms with van der Waals surface area (Å²) in [7, 11) is 0. The Kier molecular flexibility index (Phi) is 3.95. The van der Waals surface area contributed by atoms with E-state index in [9.17, 15) is 14.4 Å². The van der Waals surface area contributed by atoms with Gasteiger partial charge in [-0.05, 0) is 36.6 Å². The first-order chi connectivity index (χ1) is 12.6. The number of benzene rings is 1. The number of hydrogen-bond donors (Lipinski definition) is 2. The molecular weight excluding hydrogens is 334 g/mol. The minimum Gasteiger partial charge on any atom is -0.338 e. The van der Waals surface area contributed by atoms with Crippen LogP contribution in [0.15, 0.2) is 42.7 Å². The van der Waals surface area contributed by atoms with Crippen LogP contribution in [0.3, 0.4) is 0 Å². The van der Waals surface area contributed by atoms with E-state index in [-0.39, 0.29) is 11.8 Å². The van der Waals surface area contributed by atoms with E-state index in [1.54, 1.807) is 11.1 Å². The van der Waals surface area contributed by atoms with E-state index >= 15 is 0 Å². The summed E-state index contributed by atoms with van der Waals surface area (Å²) < 4.78 is 1.82. The van der Waals surface area contributed by atoms with Gasteiger partial charge in [0, 0.05) is 31.0 Å². The molecule has 26 heavy (non-hydrogen) atoms. The molecule has 2 N–H and O–H groups in total. The minimum absolute atomic E-state index is 0.0600. The summed E-state index contributed by atoms with van der Waals surface area (Å²) >= 11 is 0. The third-order valence-corrected chi connectivity index (χ3v) is 5.02. The predicted octanol–water partition coefficient (Wildman–Crippen LogP) is 0.746. The standard InChI is InChI=1S/C18H19N5O3/c24-15(14-4-2-13(3-5-14)12-23-9-1-8-19-23)22-10-6-18(7-11-22)16(25)20-17(26)21-18/h1-5,8-9H,6-7,10-12H2,(H2,20,21,25,26). The first-order valence-corrected chi connectivity index (χ1v) is 8.55. The van der Waals surface area contributed by atoms with E-state index in [2.05, 4.69) is 15.7 Å². The lowest BCUT2D eigenvalue weighted by atomic mass is 9.87. The first-order valence-electron chi connectivity index (χ1n) is 8.55. The molecule has 0 aliphatic carbocycles. The monoisotopic (exact) mass is 353 g/mol. The van der Waals surface area contributed by atoms with E-state index in [4.69, 9.17) is 0 Å². The summed E-state index contributed by atoms with van der Waals surface area (Å²) in [6, 6.07) is 8.89. The lowest BCUT2D eigenvalue weighted by Crippen LogP contribution is -2.55. The number of nitrogens with zero attached hydrogens (tertiary/aromatic N) is 3. The Morgan fingerprint density at radius 3 is 2.46 bits per heavy atom. The van der Waals surface area contributed by atoms with Crippen LogP contribution in [0.4, 0.5) is 4.79 Å². The van der Waals surface area contributed by atoms with Crippen molar-refractivity contribution >= 4 is 17.8 Å². The van der Waals surface area contributed by atoms with Crippen LogP contribution in [0.2, 0.25) is 0 Å². The largest absolute Gasteiger partial charge is 0.338 e. The van der Waals surface area contributed by atoms with Crippen molar-refractivity contribution in [3.05, 3.63) is 53.9 Å². The number of imide groups is 1. The highest BCUT2D eigenvalue weighted by Gasteiger charge is 2.48. The molecule has 134 valence electrons. The van der Waals surface area contributed by atoms with E-state index in [1.807, 2.05) is 41.2 Å². The molecule has 0 bridgehead atoms. The number of rotatable bonds is 3. The lowest BCUT2D eigenvalue weighted by molar-refractivity contribution is -0.125. The van der Waals surface area contributed by atoms with Crippen LogP contribution in [0.25, 0.3) is 0 Å². The summed E-state index contributed by atoms with van der Waals surface area (Å²) in [5, 5.41) is 9.15. The fraction of sp³-hybridized carbons (Fsp3) is 0.333. The Morgan fingerprint density at radius 1 is 1.15 bits per heavy atom. The number of piperidine rings is 1. The van der Waals surface area contributed by atoms with Crippen molar-refractivity contribution in [1.82, 2.24) is 25.3 Å². The van der Waals surface area contributed by atoms with Gasteiger partial charge >= 0.3 is 6.03 Å². The highest BCUT2D eigenvalue weighted by atomic mass is 16.2. The van der Waals surface area contributed by atoms with Crippen molar-refractivity contribution in [3.63, 3.8) is 0 Å². The van der Waals surface area contributed by atoms with Crippen molar-refractivity contribution in [3.8, 4) is 0 Å². The van der Waals surface area contributed by atoms with Crippen molar-refractivity contribution in [2.75, 3.05) is 13.1 Å². The smallest absolute Gasteiger partial charge is 0.322 e. The number of carbonyl (C=O) groups is 3. The third-order valence-electron chi connectivity index (χ3n) is 5.02. The molecule has 0 unspecified atom stereocenters. The molecule has 4 amide bonds. The minimum atomic E-state index is -0.860. The molecule has 8 nitrogen and oxygen atoms in total. The van der Waals surface area contributed by atoms with Crippen molar-refractivity contribution in [1.29, 1.82) is 0 Å². The summed E-state index contributed by atoms with van der Waals surface area (Å²) in [5.41, 5.74) is 0.819. The van der Waals surface area contributed by atoms with Gasteiger partial charge in [-0.2, -0.15) is 5.10 Å². The van der Waals surface area contributed by atoms with E-state index in [0.717, 1.165) is 5.56 Å². The highest BCUT2D eigenvalue weighted by molar-refractivity contribution is 6.07. The fourth-order valence-electron chi connectivity index (χ4n) is 3.49. The van der Waals surface area contributed by atoms with Gasteiger partial charge in [-0.25, -0.2) is 4.79 Å². The van der Waals surface area contributed by atoms with Gasteiger partial charge in [-0.1, -0.05) is 12.1 Å². The second kappa shape index (κ2) is 6.29. The average molecular weight is 353 g/mol. The van der Waals surface area contributed by atoms with Crippen LogP contribution in [0, 0.1) is 0 Å². The van der Waals surface area contributed by atoms with E-state index in [1.165, 1.54) is 0 Å². The molecule has 0 saturated carbocycles. The zero-order valence-corrected chi connectivity index (χ0v) is 14.1. The number of urea groups is 1. The molecule has 1 aromatic carbocycles. The van der Waals surface area contributed by atoms with Gasteiger partial charge in [-0.3, -0.25) is 19.6 Å². The highest BCUT2D eigenvalue weighted by Crippen LogP contribution is 2.26. The molecular formula is C18H19N5O3. The fourth-order valence-corrected chi connectivity index (χ4v) is 3.49. The molecule has 1 aromatic heterocycles. The van der Waals surface area contributed by atoms with Crippen LogP contribution in [0.1, 0.15) is 28.8 Å². The zero-order chi connectivity index (χ0) is 18.1. The summed E-state index contributed by atoms with van der Waals surface area (Å²) in [5.74, 6) is -0.354. The van der Waals surface area contributed by atoms with Crippen LogP contribution in [-0.4, -0.2) is 51.2 Å². The van der Waals surface area contributed by atoms with Gasteiger partial charge in [0.2, 0.25) is 0 Å². The molecule has 1 spiro atoms. The molecule has 2 fully saturated rings. The molecule has 4 rings (SSSR count). The Bertz CT molecular complexity index is 836. The summed E-state index contributed by atoms with van der Waals surface area (Å²) in [6.45, 7) is 1.52. The van der Waals surface area contributed by atoms with Gasteiger partial charge in [0.05, 0.1) is 6.54 Å². The lowest BCUT2D eigenvalue weighted by Gasteiger charge is -2.37. The van der Waals surface area contributed by atoms with Gasteiger partial charge in [0.25, 0.3) is 11.8 Å². The zero-order valence-electron chi connectivity index (χ0n) is 14.1. The summed E-state index contributed by atoms with van der Waals surface area (Å²) in [6.07, 6.45) is 4.47. The van der Waals surface area contributed by atoms with Crippen molar-refractivity contribution in [2.45, 2.75) is 24.9 Å². The number of amides is 4. The van der Waals surface area contributed by atoms with Crippen LogP contribution in [-0.2, 0) is 11.3 Å². The number of likely N-dealkylation sites (tertiary alicyclic amines) is 1. The maximum atomic E-state index is 12.7. The Morgan fingerprint density at radius 2 is 1.88 bits per heavy atom. The van der Waals surface area contributed by atoms with Crippen LogP contribution in [0.5, 0.6) is 0 Å². The maximum Gasteiger partial charge on any atom is 0.322 e. The number of nitrogens with one attached hydrogen (secondary N) is 2. The van der Waals surface area contributed by atoms with Gasteiger partial charge in [0.15, 0.2) is 0 Å². The number of hydrogen-bond acceptors (Lipinski definition) is 4. The van der Waals surface area contributed by atoms with Crippen molar-refractivity contribution < 1.29 is 14.4 Å². The van der Waals surface area contributed by atoms with Gasteiger partial charge in [-0.15, -0.1) is 0 Å². The molecule has 8 heteroatoms. The SMILES string of the molecule is O=C1NC(=O)C2(CCN(C(=O)c3ccc(Cn4cccn4)cc3)CC2)N1. The summed E-state index contributed by atoms with van der Waals surface area (Å²) in [4.78, 5) is 37.8. The van der Waals surface area contributed by atoms with Gasteiger partial charge in [0.1, 0.15) is 5.54 Å². The van der Waals surface area contributed by atoms with E-state index in [0.29, 0.717) is 38.0 Å². The van der Waals surface area contributed by atoms with Crippen LogP contribution < -0.4 is 10.6 Å². The van der Waals surface area contributed by atoms with Crippen LogP contribution >= 0.6 is 0 Å². The van der Waals surface area contributed by atoms with E-state index < -0.39 is 11.6 Å². The topological polar surface area (TPSA) is 96.3 Å². The Labute approximate surface area is 150 Å². The molecule has 3 heterocycles. The molecule has 0 atom stereocenters. The normalized spacial score (nSPS) is 18.7. The predicted molar refractivity (Wildman–Crippen MR) is 92.3 cm³/mol. The first kappa shape index (κ1) is 16.3. The molecule has 2 aromatic rings. The molecule has 0 radical (unpaired) electrons. The Hall–Kier alpha value is -3.16. The van der Waals surface area contributed by atoms with Crippen molar-refractivity contribution in [2.24, 2.45) is 0 Å². The Balaban J connectivity index is 1.39. The second-order valence-electron chi connectivity index (χ2n) is 6.68. The number of carbonyl (C=O) groups excluding carboxylic acids is 3. The molecule has 2 saturated heterocycles. The molecule has 2 aliphatic rings.